The second-order valence-electron chi connectivity index (χ2n) is 20.8. The maximum Gasteiger partial charge on any atom is 0.293 e. The number of benzene rings is 3. The number of piperidine rings is 2. The minimum absolute atomic E-state index is 0.111. The van der Waals surface area contributed by atoms with Gasteiger partial charge in [0, 0.05) is 81.4 Å². The topological polar surface area (TPSA) is 205 Å². The fourth-order valence-electron chi connectivity index (χ4n) is 12.2. The zero-order chi connectivity index (χ0) is 48.4. The van der Waals surface area contributed by atoms with Crippen molar-refractivity contribution in [3.63, 3.8) is 0 Å². The molecule has 70 heavy (non-hydrogen) atoms. The summed E-state index contributed by atoms with van der Waals surface area (Å²) >= 11 is 0. The van der Waals surface area contributed by atoms with Crippen LogP contribution in [0.2, 0.25) is 0 Å². The van der Waals surface area contributed by atoms with E-state index in [1.54, 1.807) is 12.3 Å². The molecule has 370 valence electrons. The van der Waals surface area contributed by atoms with Crippen molar-refractivity contribution in [3.05, 3.63) is 106 Å². The molecule has 1 amide bonds. The average molecular weight is 975 g/mol. The van der Waals surface area contributed by atoms with Crippen LogP contribution in [0.4, 0.5) is 28.4 Å². The summed E-state index contributed by atoms with van der Waals surface area (Å²) in [6.07, 6.45) is 9.43. The SMILES string of the molecule is Cc1ccccc1[C@H]1CC[C@](C)(O)CN1C1CC2(CCN(c3ccc(C(=O)NS(=O)(=O)c4ccc(NCC5CCOCC5)c([N+](=O)[O-])c4)c(N4c5cc6cc[nH]c6nc5O[C@H]5COCC[C@@H]54)c3)CC2)C1. The van der Waals surface area contributed by atoms with Crippen molar-refractivity contribution in [2.75, 3.05) is 67.7 Å². The summed E-state index contributed by atoms with van der Waals surface area (Å²) in [5.41, 5.74) is 4.70. The van der Waals surface area contributed by atoms with E-state index in [4.69, 9.17) is 19.2 Å². The number of nitro benzene ring substituents is 1. The number of nitro groups is 1. The van der Waals surface area contributed by atoms with Gasteiger partial charge >= 0.3 is 0 Å². The summed E-state index contributed by atoms with van der Waals surface area (Å²) in [6, 6.07) is 22.2. The van der Waals surface area contributed by atoms with Crippen LogP contribution in [0, 0.1) is 28.4 Å². The Morgan fingerprint density at radius 2 is 1.74 bits per heavy atom. The molecule has 17 nitrogen and oxygen atoms in total. The number of nitrogens with one attached hydrogen (secondary N) is 3. The number of fused-ring (bicyclic) bond motifs is 3. The van der Waals surface area contributed by atoms with Crippen LogP contribution in [-0.4, -0.2) is 116 Å². The Balaban J connectivity index is 0.879. The molecule has 18 heteroatoms. The Morgan fingerprint density at radius 3 is 2.53 bits per heavy atom. The Morgan fingerprint density at radius 1 is 0.957 bits per heavy atom. The molecule has 5 aliphatic heterocycles. The summed E-state index contributed by atoms with van der Waals surface area (Å²) in [7, 11) is -4.61. The number of H-pyrrole nitrogens is 1. The highest BCUT2D eigenvalue weighted by Crippen LogP contribution is 2.55. The van der Waals surface area contributed by atoms with Crippen molar-refractivity contribution in [1.29, 1.82) is 0 Å². The van der Waals surface area contributed by atoms with Gasteiger partial charge < -0.3 is 39.4 Å². The van der Waals surface area contributed by atoms with Crippen molar-refractivity contribution in [2.24, 2.45) is 11.3 Å². The molecule has 4 N–H and O–H groups in total. The van der Waals surface area contributed by atoms with Gasteiger partial charge in [-0.3, -0.25) is 19.8 Å². The first-order valence-electron chi connectivity index (χ1n) is 24.8. The number of hydrogen-bond donors (Lipinski definition) is 4. The lowest BCUT2D eigenvalue weighted by Gasteiger charge is -2.59. The highest BCUT2D eigenvalue weighted by Gasteiger charge is 2.51. The third-order valence-electron chi connectivity index (χ3n) is 16.1. The largest absolute Gasteiger partial charge is 0.468 e. The molecule has 0 radical (unpaired) electrons. The zero-order valence-corrected chi connectivity index (χ0v) is 40.6. The molecular formula is C52H62N8O9S. The number of likely N-dealkylation sites (tertiary alicyclic amines) is 1. The van der Waals surface area contributed by atoms with Crippen LogP contribution in [-0.2, 0) is 19.5 Å². The zero-order valence-electron chi connectivity index (χ0n) is 39.8. The maximum atomic E-state index is 14.7. The standard InChI is InChI=1S/C52H62N8O9S/c1-33-5-3-4-6-39(33)42-11-16-51(2,62)32-58(42)37-28-52(29-37)17-20-57(21-18-52)36-7-9-40(44(26-36)59-43-15-24-68-31-47(43)69-50-46(59)25-35-12-19-53-48(35)55-50)49(61)56-70(65,66)38-8-10-41(45(27-38)60(63)64)54-30-34-13-22-67-23-14-34/h3-10,12,19,25-27,34,37,42-43,47,54,62H,11,13-18,20-24,28-32H2,1-2H3,(H,53,55)(H,56,61)/t42-,43+,47+,51+/m1/s1. The Labute approximate surface area is 408 Å². The predicted octanol–water partition coefficient (Wildman–Crippen LogP) is 7.76. The number of anilines is 4. The van der Waals surface area contributed by atoms with Crippen LogP contribution in [0.3, 0.4) is 0 Å². The number of aryl methyl sites for hydroxylation is 1. The molecule has 1 aliphatic carbocycles. The lowest BCUT2D eigenvalue weighted by molar-refractivity contribution is -0.384. The highest BCUT2D eigenvalue weighted by atomic mass is 32.2. The van der Waals surface area contributed by atoms with Crippen LogP contribution < -0.4 is 24.6 Å². The van der Waals surface area contributed by atoms with Gasteiger partial charge in [0.25, 0.3) is 21.6 Å². The van der Waals surface area contributed by atoms with Crippen molar-refractivity contribution in [2.45, 2.75) is 106 Å². The first kappa shape index (κ1) is 46.6. The van der Waals surface area contributed by atoms with Gasteiger partial charge in [-0.15, -0.1) is 0 Å². The molecule has 5 fully saturated rings. The molecule has 7 heterocycles. The number of aliphatic hydroxyl groups is 1. The number of ether oxygens (including phenoxy) is 3. The van der Waals surface area contributed by atoms with Crippen molar-refractivity contribution < 1.29 is 37.5 Å². The van der Waals surface area contributed by atoms with Crippen LogP contribution in [0.15, 0.2) is 83.9 Å². The van der Waals surface area contributed by atoms with Gasteiger partial charge in [-0.05, 0) is 137 Å². The molecule has 0 unspecified atom stereocenters. The van der Waals surface area contributed by atoms with Crippen LogP contribution in [0.25, 0.3) is 11.0 Å². The van der Waals surface area contributed by atoms with E-state index < -0.39 is 43.1 Å². The van der Waals surface area contributed by atoms with E-state index >= 15 is 0 Å². The fourth-order valence-corrected chi connectivity index (χ4v) is 13.2. The van der Waals surface area contributed by atoms with E-state index in [-0.39, 0.29) is 34.7 Å². The van der Waals surface area contributed by atoms with Crippen LogP contribution in [0.1, 0.15) is 92.2 Å². The van der Waals surface area contributed by atoms with Gasteiger partial charge in [0.05, 0.1) is 39.3 Å². The first-order chi connectivity index (χ1) is 33.7. The summed E-state index contributed by atoms with van der Waals surface area (Å²) in [5, 5.41) is 27.6. The average Bonchev–Trinajstić information content (AvgIpc) is 3.81. The molecule has 11 rings (SSSR count). The number of rotatable bonds is 11. The van der Waals surface area contributed by atoms with Gasteiger partial charge in [0.1, 0.15) is 23.1 Å². The molecule has 2 aromatic heterocycles. The number of hydrogen-bond acceptors (Lipinski definition) is 14. The second-order valence-corrected chi connectivity index (χ2v) is 22.5. The summed E-state index contributed by atoms with van der Waals surface area (Å²) in [6.45, 7) is 8.90. The Kier molecular flexibility index (Phi) is 12.3. The lowest BCUT2D eigenvalue weighted by Crippen LogP contribution is -2.60. The molecule has 3 aromatic carbocycles. The molecule has 1 spiro atoms. The minimum atomic E-state index is -4.61. The van der Waals surface area contributed by atoms with E-state index in [9.17, 15) is 28.4 Å². The number of β-amino-alcohol motifs (C(OH)–C–C–N with tert-alkyl or cyclic N) is 1. The molecule has 4 atom stereocenters. The number of sulfonamides is 1. The third kappa shape index (κ3) is 8.97. The van der Waals surface area contributed by atoms with Crippen molar-refractivity contribution in [3.8, 4) is 5.88 Å². The quantitative estimate of drug-likeness (QED) is 0.0738. The summed E-state index contributed by atoms with van der Waals surface area (Å²) < 4.78 is 48.4. The predicted molar refractivity (Wildman–Crippen MR) is 265 cm³/mol. The van der Waals surface area contributed by atoms with E-state index in [0.717, 1.165) is 81.6 Å². The van der Waals surface area contributed by atoms with Crippen molar-refractivity contribution in [1.82, 2.24) is 19.6 Å². The molecular weight excluding hydrogens is 913 g/mol. The highest BCUT2D eigenvalue weighted by molar-refractivity contribution is 7.90. The van der Waals surface area contributed by atoms with Gasteiger partial charge in [-0.25, -0.2) is 13.1 Å². The number of carbonyl (C=O) groups excluding carboxylic acids is 1. The van der Waals surface area contributed by atoms with Gasteiger partial charge in [0.2, 0.25) is 5.88 Å². The number of amides is 1. The molecule has 0 bridgehead atoms. The van der Waals surface area contributed by atoms with Gasteiger partial charge in [-0.2, -0.15) is 4.98 Å². The van der Waals surface area contributed by atoms with E-state index in [1.807, 2.05) is 31.2 Å². The van der Waals surface area contributed by atoms with Crippen LogP contribution >= 0.6 is 0 Å². The third-order valence-corrected chi connectivity index (χ3v) is 17.5. The number of aromatic amines is 1. The molecule has 5 aromatic rings. The van der Waals surface area contributed by atoms with E-state index in [1.165, 1.54) is 23.3 Å². The smallest absolute Gasteiger partial charge is 0.293 e. The fraction of sp³-hybridized carbons (Fsp3) is 0.500. The first-order valence-corrected chi connectivity index (χ1v) is 26.3. The summed E-state index contributed by atoms with van der Waals surface area (Å²) in [4.78, 5) is 41.0. The normalized spacial score (nSPS) is 25.2. The number of nitrogens with zero attached hydrogens (tertiary/aromatic N) is 5. The van der Waals surface area contributed by atoms with E-state index in [2.05, 4.69) is 60.9 Å². The summed E-state index contributed by atoms with van der Waals surface area (Å²) in [5.74, 6) is -0.248. The number of aromatic nitrogens is 2. The van der Waals surface area contributed by atoms with Gasteiger partial charge in [-0.1, -0.05) is 24.3 Å². The van der Waals surface area contributed by atoms with E-state index in [0.29, 0.717) is 74.9 Å². The van der Waals surface area contributed by atoms with Crippen molar-refractivity contribution >= 4 is 55.4 Å². The Bertz CT molecular complexity index is 2910. The number of pyridine rings is 1. The monoisotopic (exact) mass is 974 g/mol. The van der Waals surface area contributed by atoms with Crippen LogP contribution in [0.5, 0.6) is 5.88 Å². The molecule has 6 aliphatic rings. The molecule has 1 saturated carbocycles. The maximum absolute atomic E-state index is 14.7. The Hall–Kier alpha value is -5.79. The number of carbonyl (C=O) groups is 1. The lowest BCUT2D eigenvalue weighted by atomic mass is 9.59. The molecule has 4 saturated heterocycles. The van der Waals surface area contributed by atoms with Gasteiger partial charge in [0.15, 0.2) is 0 Å². The minimum Gasteiger partial charge on any atom is -0.468 e. The second kappa shape index (κ2) is 18.4.